The Morgan fingerprint density at radius 3 is 2.85 bits per heavy atom. The maximum absolute atomic E-state index is 12.8. The number of likely N-dealkylation sites (N-methyl/N-ethyl adjacent to an activating group) is 1. The number of fused-ring (bicyclic) bond motifs is 1. The Morgan fingerprint density at radius 2 is 2.19 bits per heavy atom. The molecule has 0 unspecified atom stereocenters. The van der Waals surface area contributed by atoms with Crippen LogP contribution in [0.25, 0.3) is 0 Å². The van der Waals surface area contributed by atoms with E-state index in [0.717, 1.165) is 24.9 Å². The van der Waals surface area contributed by atoms with E-state index < -0.39 is 11.4 Å². The van der Waals surface area contributed by atoms with Gasteiger partial charge in [0.05, 0.1) is 11.1 Å². The largest absolute Gasteiger partial charge is 0.490 e. The number of nitrogens with one attached hydrogen (secondary N) is 1. The molecule has 0 radical (unpaired) electrons. The number of amides is 2. The lowest BCUT2D eigenvalue weighted by Crippen LogP contribution is -2.38. The Kier molecular flexibility index (Phi) is 5.60. The number of aliphatic carboxylic acids is 1. The van der Waals surface area contributed by atoms with Gasteiger partial charge in [-0.25, -0.2) is 4.79 Å². The van der Waals surface area contributed by atoms with Crippen molar-refractivity contribution in [2.75, 3.05) is 45.7 Å². The minimum Gasteiger partial charge on any atom is -0.490 e. The summed E-state index contributed by atoms with van der Waals surface area (Å²) in [6.45, 7) is 4.05. The van der Waals surface area contributed by atoms with Crippen LogP contribution in [0, 0.1) is 18.3 Å². The molecular weight excluding hydrogens is 346 g/mol. The van der Waals surface area contributed by atoms with Gasteiger partial charge in [-0.3, -0.25) is 4.79 Å². The second kappa shape index (κ2) is 7.76. The van der Waals surface area contributed by atoms with Crippen molar-refractivity contribution in [1.29, 1.82) is 0 Å². The lowest BCUT2D eigenvalue weighted by Gasteiger charge is -2.23. The number of anilines is 1. The standard InChI is InChI=1S/C20H29N3O4/c1-14-6-7-16(17(11-14)27-10-9-22(2)3)21-19(26)23-12-15-5-4-8-20(15,13-23)18(24)25/h6-7,11,15H,4-5,8-10,12-13H2,1-3H3,(H,21,26)(H,24,25)/t15-,20+/m0/s1. The van der Waals surface area contributed by atoms with Crippen molar-refractivity contribution >= 4 is 17.7 Å². The topological polar surface area (TPSA) is 82.1 Å². The van der Waals surface area contributed by atoms with E-state index in [1.165, 1.54) is 0 Å². The number of carboxylic acid groups (broad SMARTS) is 1. The zero-order valence-electron chi connectivity index (χ0n) is 16.3. The Bertz CT molecular complexity index is 721. The van der Waals surface area contributed by atoms with Gasteiger partial charge in [-0.15, -0.1) is 0 Å². The number of rotatable bonds is 6. The summed E-state index contributed by atoms with van der Waals surface area (Å²) < 4.78 is 5.86. The van der Waals surface area contributed by atoms with Gasteiger partial charge in [0.15, 0.2) is 0 Å². The van der Waals surface area contributed by atoms with Crippen molar-refractivity contribution in [3.05, 3.63) is 23.8 Å². The van der Waals surface area contributed by atoms with E-state index >= 15 is 0 Å². The maximum Gasteiger partial charge on any atom is 0.321 e. The first kappa shape index (κ1) is 19.5. The second-order valence-corrected chi connectivity index (χ2v) is 8.01. The summed E-state index contributed by atoms with van der Waals surface area (Å²) in [5, 5.41) is 12.6. The average molecular weight is 375 g/mol. The number of urea groups is 1. The molecule has 2 N–H and O–H groups in total. The van der Waals surface area contributed by atoms with Crippen molar-refractivity contribution in [2.45, 2.75) is 26.2 Å². The molecule has 1 aromatic carbocycles. The molecule has 7 nitrogen and oxygen atoms in total. The number of benzene rings is 1. The van der Waals surface area contributed by atoms with E-state index in [9.17, 15) is 14.7 Å². The predicted octanol–water partition coefficient (Wildman–Crippen LogP) is 2.65. The molecule has 1 saturated carbocycles. The molecule has 1 aliphatic heterocycles. The number of nitrogens with zero attached hydrogens (tertiary/aromatic N) is 2. The third-order valence-electron chi connectivity index (χ3n) is 5.76. The van der Waals surface area contributed by atoms with Gasteiger partial charge >= 0.3 is 12.0 Å². The van der Waals surface area contributed by atoms with Crippen LogP contribution >= 0.6 is 0 Å². The summed E-state index contributed by atoms with van der Waals surface area (Å²) in [7, 11) is 3.95. The lowest BCUT2D eigenvalue weighted by molar-refractivity contribution is -0.149. The van der Waals surface area contributed by atoms with E-state index in [0.29, 0.717) is 31.0 Å². The fourth-order valence-corrected chi connectivity index (χ4v) is 4.18. The molecule has 0 spiro atoms. The van der Waals surface area contributed by atoms with E-state index in [2.05, 4.69) is 5.32 Å². The van der Waals surface area contributed by atoms with Crippen molar-refractivity contribution in [1.82, 2.24) is 9.80 Å². The fourth-order valence-electron chi connectivity index (χ4n) is 4.18. The van der Waals surface area contributed by atoms with E-state index in [-0.39, 0.29) is 18.5 Å². The van der Waals surface area contributed by atoms with Gasteiger partial charge in [0.25, 0.3) is 0 Å². The first-order chi connectivity index (χ1) is 12.8. The molecule has 3 rings (SSSR count). The van der Waals surface area contributed by atoms with Crippen molar-refractivity contribution in [2.24, 2.45) is 11.3 Å². The predicted molar refractivity (Wildman–Crippen MR) is 103 cm³/mol. The SMILES string of the molecule is Cc1ccc(NC(=O)N2C[C@@H]3CCC[C@@]3(C(=O)O)C2)c(OCCN(C)C)c1. The first-order valence-electron chi connectivity index (χ1n) is 9.49. The highest BCUT2D eigenvalue weighted by atomic mass is 16.5. The molecule has 2 aliphatic rings. The van der Waals surface area contributed by atoms with Crippen molar-refractivity contribution in [3.8, 4) is 5.75 Å². The fraction of sp³-hybridized carbons (Fsp3) is 0.600. The highest BCUT2D eigenvalue weighted by molar-refractivity contribution is 5.92. The molecule has 2 fully saturated rings. The molecule has 0 aromatic heterocycles. The number of hydrogen-bond acceptors (Lipinski definition) is 4. The van der Waals surface area contributed by atoms with Crippen molar-refractivity contribution < 1.29 is 19.4 Å². The molecule has 2 amide bonds. The summed E-state index contributed by atoms with van der Waals surface area (Å²) in [4.78, 5) is 28.3. The number of hydrogen-bond donors (Lipinski definition) is 2. The molecule has 1 aliphatic carbocycles. The molecule has 1 aromatic rings. The van der Waals surface area contributed by atoms with Crippen LogP contribution in [0.2, 0.25) is 0 Å². The van der Waals surface area contributed by atoms with Gasteiger partial charge in [0, 0.05) is 19.6 Å². The second-order valence-electron chi connectivity index (χ2n) is 8.01. The highest BCUT2D eigenvalue weighted by Crippen LogP contribution is 2.49. The molecule has 27 heavy (non-hydrogen) atoms. The van der Waals surface area contributed by atoms with Gasteiger partial charge in [-0.2, -0.15) is 0 Å². The Morgan fingerprint density at radius 1 is 1.41 bits per heavy atom. The van der Waals surface area contributed by atoms with Gasteiger partial charge in [0.2, 0.25) is 0 Å². The normalized spacial score (nSPS) is 24.1. The monoisotopic (exact) mass is 375 g/mol. The average Bonchev–Trinajstić information content (AvgIpc) is 3.15. The van der Waals surface area contributed by atoms with Crippen LogP contribution < -0.4 is 10.1 Å². The molecular formula is C20H29N3O4. The summed E-state index contributed by atoms with van der Waals surface area (Å²) in [5.41, 5.74) is 0.898. The molecule has 1 heterocycles. The third-order valence-corrected chi connectivity index (χ3v) is 5.76. The Balaban J connectivity index is 1.68. The summed E-state index contributed by atoms with van der Waals surface area (Å²) >= 11 is 0. The molecule has 0 bridgehead atoms. The van der Waals surface area contributed by atoms with Crippen LogP contribution in [-0.2, 0) is 4.79 Å². The molecule has 148 valence electrons. The Hall–Kier alpha value is -2.28. The zero-order valence-corrected chi connectivity index (χ0v) is 16.3. The molecule has 1 saturated heterocycles. The van der Waals surface area contributed by atoms with Crippen LogP contribution in [0.4, 0.5) is 10.5 Å². The number of carboxylic acids is 1. The number of aryl methyl sites for hydroxylation is 1. The summed E-state index contributed by atoms with van der Waals surface area (Å²) in [6, 6.07) is 5.41. The number of ether oxygens (including phenoxy) is 1. The van der Waals surface area contributed by atoms with Crippen molar-refractivity contribution in [3.63, 3.8) is 0 Å². The van der Waals surface area contributed by atoms with Gasteiger partial charge in [0.1, 0.15) is 12.4 Å². The Labute approximate surface area is 160 Å². The zero-order chi connectivity index (χ0) is 19.6. The van der Waals surface area contributed by atoms with E-state index in [4.69, 9.17) is 4.74 Å². The van der Waals surface area contributed by atoms with Crippen LogP contribution in [0.15, 0.2) is 18.2 Å². The minimum absolute atomic E-state index is 0.0505. The third kappa shape index (κ3) is 4.03. The summed E-state index contributed by atoms with van der Waals surface area (Å²) in [5.74, 6) is -0.0875. The number of likely N-dealkylation sites (tertiary alicyclic amines) is 1. The molecule has 2 atom stereocenters. The highest BCUT2D eigenvalue weighted by Gasteiger charge is 2.55. The lowest BCUT2D eigenvalue weighted by atomic mass is 9.81. The number of carbonyl (C=O) groups is 2. The van der Waals surface area contributed by atoms with E-state index in [1.807, 2.05) is 44.1 Å². The van der Waals surface area contributed by atoms with Gasteiger partial charge < -0.3 is 25.0 Å². The number of carbonyl (C=O) groups excluding carboxylic acids is 1. The van der Waals surface area contributed by atoms with Crippen LogP contribution in [0.5, 0.6) is 5.75 Å². The van der Waals surface area contributed by atoms with Gasteiger partial charge in [-0.05, 0) is 57.5 Å². The van der Waals surface area contributed by atoms with E-state index in [1.54, 1.807) is 4.90 Å². The van der Waals surface area contributed by atoms with Crippen LogP contribution in [-0.4, -0.2) is 67.2 Å². The quantitative estimate of drug-likeness (QED) is 0.799. The summed E-state index contributed by atoms with van der Waals surface area (Å²) in [6.07, 6.45) is 2.45. The van der Waals surface area contributed by atoms with Crippen LogP contribution in [0.1, 0.15) is 24.8 Å². The van der Waals surface area contributed by atoms with Gasteiger partial charge in [-0.1, -0.05) is 12.5 Å². The van der Waals surface area contributed by atoms with Crippen LogP contribution in [0.3, 0.4) is 0 Å². The first-order valence-corrected chi connectivity index (χ1v) is 9.49. The smallest absolute Gasteiger partial charge is 0.321 e. The maximum atomic E-state index is 12.8. The molecule has 7 heteroatoms. The minimum atomic E-state index is -0.775.